The summed E-state index contributed by atoms with van der Waals surface area (Å²) in [6.45, 7) is -0.593. The van der Waals surface area contributed by atoms with Crippen LogP contribution in [0.4, 0.5) is 5.82 Å². The number of aliphatic hydroxyl groups excluding tert-OH is 4. The molecule has 0 amide bonds. The van der Waals surface area contributed by atoms with Crippen LogP contribution in [0, 0.1) is 0 Å². The summed E-state index contributed by atoms with van der Waals surface area (Å²) in [7, 11) is 0. The first-order valence-electron chi connectivity index (χ1n) is 9.78. The molecule has 2 aliphatic rings. The molecule has 0 bridgehead atoms. The summed E-state index contributed by atoms with van der Waals surface area (Å²) in [5.74, 6) is 0.138. The lowest BCUT2D eigenvalue weighted by Gasteiger charge is -2.13. The predicted molar refractivity (Wildman–Crippen MR) is 107 cm³/mol. The lowest BCUT2D eigenvalue weighted by molar-refractivity contribution is -0.0459. The topological polar surface area (TPSA) is 215 Å². The van der Waals surface area contributed by atoms with Crippen LogP contribution in [0.25, 0.3) is 0 Å². The molecule has 14 nitrogen and oxygen atoms in total. The second kappa shape index (κ2) is 10.2. The van der Waals surface area contributed by atoms with Crippen LogP contribution >= 0.6 is 0 Å². The van der Waals surface area contributed by atoms with Crippen LogP contribution in [-0.4, -0.2) is 77.2 Å². The molecule has 176 valence electrons. The number of aromatic nitrogens is 4. The number of rotatable bonds is 4. The summed E-state index contributed by atoms with van der Waals surface area (Å²) in [6, 6.07) is 2.67. The Labute approximate surface area is 180 Å². The van der Waals surface area contributed by atoms with E-state index < -0.39 is 53.8 Å². The molecule has 0 unspecified atom stereocenters. The maximum absolute atomic E-state index is 11.5. The van der Waals surface area contributed by atoms with Gasteiger partial charge >= 0.3 is 11.4 Å². The highest BCUT2D eigenvalue weighted by molar-refractivity contribution is 5.23. The molecular weight excluding hydrogens is 430 g/mol. The van der Waals surface area contributed by atoms with Crippen molar-refractivity contribution in [2.45, 2.75) is 49.7 Å². The Hall–Kier alpha value is -2.88. The number of nitrogen functional groups attached to an aromatic ring is 1. The molecule has 2 aromatic heterocycles. The fourth-order valence-electron chi connectivity index (χ4n) is 3.40. The average molecular weight is 455 g/mol. The fraction of sp³-hybridized carbons (Fsp3) is 0.556. The smallest absolute Gasteiger partial charge is 0.351 e. The Kier molecular flexibility index (Phi) is 7.55. The molecule has 2 aliphatic heterocycles. The van der Waals surface area contributed by atoms with Gasteiger partial charge in [0.2, 0.25) is 0 Å². The van der Waals surface area contributed by atoms with Gasteiger partial charge in [0.15, 0.2) is 0 Å². The van der Waals surface area contributed by atoms with E-state index in [1.54, 1.807) is 0 Å². The second-order valence-electron chi connectivity index (χ2n) is 7.29. The number of aromatic amines is 1. The van der Waals surface area contributed by atoms with Gasteiger partial charge in [0.05, 0.1) is 25.4 Å². The molecule has 4 heterocycles. The largest absolute Gasteiger partial charge is 0.394 e. The van der Waals surface area contributed by atoms with Crippen molar-refractivity contribution in [3.05, 3.63) is 55.8 Å². The quantitative estimate of drug-likeness (QED) is 0.268. The van der Waals surface area contributed by atoms with E-state index in [0.29, 0.717) is 0 Å². The Morgan fingerprint density at radius 3 is 1.97 bits per heavy atom. The van der Waals surface area contributed by atoms with E-state index in [0.717, 1.165) is 0 Å². The average Bonchev–Trinajstić information content (AvgIpc) is 3.30. The number of H-pyrrole nitrogens is 1. The fourth-order valence-corrected chi connectivity index (χ4v) is 3.40. The second-order valence-corrected chi connectivity index (χ2v) is 7.29. The summed E-state index contributed by atoms with van der Waals surface area (Å²) < 4.78 is 13.0. The Morgan fingerprint density at radius 2 is 1.50 bits per heavy atom. The van der Waals surface area contributed by atoms with Crippen molar-refractivity contribution in [1.29, 1.82) is 0 Å². The van der Waals surface area contributed by atoms with Gasteiger partial charge in [0, 0.05) is 31.3 Å². The Morgan fingerprint density at radius 1 is 0.969 bits per heavy atom. The number of hydrogen-bond donors (Lipinski definition) is 6. The molecule has 4 rings (SSSR count). The van der Waals surface area contributed by atoms with Crippen LogP contribution < -0.4 is 22.7 Å². The summed E-state index contributed by atoms with van der Waals surface area (Å²) in [6.07, 6.45) is -0.982. The van der Waals surface area contributed by atoms with Gasteiger partial charge in [0.1, 0.15) is 30.5 Å². The zero-order chi connectivity index (χ0) is 23.4. The summed E-state index contributed by atoms with van der Waals surface area (Å²) in [4.78, 5) is 39.4. The van der Waals surface area contributed by atoms with Crippen LogP contribution in [0.2, 0.25) is 0 Å². The first kappa shape index (κ1) is 23.8. The molecule has 0 aromatic carbocycles. The molecule has 6 atom stereocenters. The Balaban J connectivity index is 0.000000181. The lowest BCUT2D eigenvalue weighted by atomic mass is 10.2. The monoisotopic (exact) mass is 455 g/mol. The van der Waals surface area contributed by atoms with Crippen LogP contribution in [0.1, 0.15) is 25.3 Å². The molecule has 32 heavy (non-hydrogen) atoms. The first-order chi connectivity index (χ1) is 15.2. The first-order valence-corrected chi connectivity index (χ1v) is 9.78. The summed E-state index contributed by atoms with van der Waals surface area (Å²) >= 11 is 0. The number of aliphatic hydroxyl groups is 4. The molecule has 0 radical (unpaired) electrons. The third-order valence-electron chi connectivity index (χ3n) is 5.09. The van der Waals surface area contributed by atoms with Gasteiger partial charge in [-0.1, -0.05) is 0 Å². The highest BCUT2D eigenvalue weighted by atomic mass is 16.5. The predicted octanol–water partition coefficient (Wildman–Crippen LogP) is -3.36. The van der Waals surface area contributed by atoms with E-state index in [9.17, 15) is 24.6 Å². The minimum absolute atomic E-state index is 0.138. The van der Waals surface area contributed by atoms with E-state index >= 15 is 0 Å². The van der Waals surface area contributed by atoms with Gasteiger partial charge < -0.3 is 35.6 Å². The molecule has 2 aromatic rings. The SMILES string of the molecule is Nc1ccn([C@H]2C[C@H](O)[C@@H](CO)O2)c(=O)n1.O=c1ccn([C@H]2C[C@H](O)[C@@H](CO)O2)c(=O)[nH]1. The van der Waals surface area contributed by atoms with E-state index in [1.165, 1.54) is 33.7 Å². The van der Waals surface area contributed by atoms with Crippen molar-refractivity contribution >= 4 is 5.82 Å². The minimum Gasteiger partial charge on any atom is -0.394 e. The third-order valence-corrected chi connectivity index (χ3v) is 5.09. The summed E-state index contributed by atoms with van der Waals surface area (Å²) in [5.41, 5.74) is 3.74. The molecule has 2 saturated heterocycles. The highest BCUT2D eigenvalue weighted by Crippen LogP contribution is 2.27. The van der Waals surface area contributed by atoms with Crippen LogP contribution in [0.15, 0.2) is 38.9 Å². The standard InChI is InChI=1S/C9H13N3O4.C9H12N2O5/c10-7-1-2-12(9(15)11-7)8-3-5(14)6(4-13)16-8;12-4-6-5(13)3-8(16-6)11-2-1-7(14)10-9(11)15/h1-2,5-6,8,13-14H,3-4H2,(H2,10,11,15);1-2,5-6,8,12-13H,3-4H2,(H,10,14,15)/t2*5-,6+,8+/m00/s1. The molecular formula is C18H25N5O9. The van der Waals surface area contributed by atoms with Crippen LogP contribution in [-0.2, 0) is 9.47 Å². The van der Waals surface area contributed by atoms with Gasteiger partial charge in [-0.3, -0.25) is 18.9 Å². The van der Waals surface area contributed by atoms with Crippen molar-refractivity contribution in [3.8, 4) is 0 Å². The summed E-state index contributed by atoms with van der Waals surface area (Å²) in [5, 5.41) is 36.8. The van der Waals surface area contributed by atoms with E-state index in [4.69, 9.17) is 25.4 Å². The number of nitrogens with one attached hydrogen (secondary N) is 1. The van der Waals surface area contributed by atoms with Crippen molar-refractivity contribution in [2.75, 3.05) is 18.9 Å². The van der Waals surface area contributed by atoms with Gasteiger partial charge in [-0.15, -0.1) is 0 Å². The van der Waals surface area contributed by atoms with Crippen molar-refractivity contribution in [1.82, 2.24) is 19.1 Å². The zero-order valence-electron chi connectivity index (χ0n) is 16.9. The number of hydrogen-bond acceptors (Lipinski definition) is 11. The maximum atomic E-state index is 11.5. The van der Waals surface area contributed by atoms with Gasteiger partial charge in [-0.25, -0.2) is 9.59 Å². The number of nitrogens with zero attached hydrogens (tertiary/aromatic N) is 3. The molecule has 14 heteroatoms. The molecule has 0 aliphatic carbocycles. The van der Waals surface area contributed by atoms with Gasteiger partial charge in [0.25, 0.3) is 5.56 Å². The third kappa shape index (κ3) is 5.29. The highest BCUT2D eigenvalue weighted by Gasteiger charge is 2.35. The molecule has 7 N–H and O–H groups in total. The maximum Gasteiger partial charge on any atom is 0.351 e. The normalized spacial score (nSPS) is 29.5. The van der Waals surface area contributed by atoms with Crippen molar-refractivity contribution in [2.24, 2.45) is 0 Å². The molecule has 0 saturated carbocycles. The van der Waals surface area contributed by atoms with Crippen LogP contribution in [0.5, 0.6) is 0 Å². The van der Waals surface area contributed by atoms with E-state index in [1.807, 2.05) is 0 Å². The number of anilines is 1. The molecule has 0 spiro atoms. The van der Waals surface area contributed by atoms with Crippen LogP contribution in [0.3, 0.4) is 0 Å². The van der Waals surface area contributed by atoms with Crippen molar-refractivity contribution in [3.63, 3.8) is 0 Å². The zero-order valence-corrected chi connectivity index (χ0v) is 16.9. The number of ether oxygens (including phenoxy) is 2. The minimum atomic E-state index is -0.811. The number of nitrogens with two attached hydrogens (primary N) is 1. The van der Waals surface area contributed by atoms with Gasteiger partial charge in [-0.05, 0) is 6.07 Å². The lowest BCUT2D eigenvalue weighted by Crippen LogP contribution is -2.31. The van der Waals surface area contributed by atoms with Crippen molar-refractivity contribution < 1.29 is 29.9 Å². The van der Waals surface area contributed by atoms with E-state index in [2.05, 4.69) is 9.97 Å². The van der Waals surface area contributed by atoms with Gasteiger partial charge in [-0.2, -0.15) is 4.98 Å². The Bertz CT molecular complexity index is 1080. The van der Waals surface area contributed by atoms with E-state index in [-0.39, 0.29) is 31.9 Å². The molecule has 2 fully saturated rings.